The summed E-state index contributed by atoms with van der Waals surface area (Å²) in [5, 5.41) is 80.8. The molecule has 0 aliphatic rings. The number of carboxylic acid groups (broad SMARTS) is 3. The summed E-state index contributed by atoms with van der Waals surface area (Å²) in [7, 11) is 6.16. The highest BCUT2D eigenvalue weighted by Gasteiger charge is 2.12. The largest absolute Gasteiger partial charge is 0.480 e. The fourth-order valence-corrected chi connectivity index (χ4v) is 1.98. The maximum atomic E-state index is 10.4. The van der Waals surface area contributed by atoms with Gasteiger partial charge in [0.25, 0.3) is 0 Å². The van der Waals surface area contributed by atoms with Gasteiger partial charge in [0.05, 0.1) is 60.7 Å². The number of carbonyl (C=O) groups is 3. The maximum absolute atomic E-state index is 10.4. The molecule has 0 saturated heterocycles. The van der Waals surface area contributed by atoms with Crippen LogP contribution in [0.2, 0.25) is 0 Å². The van der Waals surface area contributed by atoms with Gasteiger partial charge in [0.2, 0.25) is 0 Å². The monoisotopic (exact) mass is 659 g/mol. The molecule has 0 amide bonds. The molecule has 268 valence electrons. The molecule has 17 heteroatoms. The van der Waals surface area contributed by atoms with Gasteiger partial charge in [0.1, 0.15) is 30.8 Å². The summed E-state index contributed by atoms with van der Waals surface area (Å²) in [4.78, 5) is 29.7. The number of nitrogens with two attached hydrogens (primary N) is 3. The second-order valence-electron chi connectivity index (χ2n) is 10.6. The zero-order valence-corrected chi connectivity index (χ0v) is 27.0. The topological polar surface area (TPSA) is 332 Å². The number of aliphatic carboxylic acids is 3. The van der Waals surface area contributed by atoms with Crippen LogP contribution < -0.4 is 17.2 Å². The smallest absolute Gasteiger partial charge is 0.320 e. The predicted molar refractivity (Wildman–Crippen MR) is 168 cm³/mol. The highest BCUT2D eigenvalue weighted by atomic mass is 16.4. The van der Waals surface area contributed by atoms with E-state index in [1.54, 1.807) is 0 Å². The van der Waals surface area contributed by atoms with Crippen LogP contribution in [0, 0.1) is 5.92 Å². The summed E-state index contributed by atoms with van der Waals surface area (Å²) in [5.74, 6) is -2.48. The first kappa shape index (κ1) is 51.8. The first-order valence-corrected chi connectivity index (χ1v) is 13.8. The number of aliphatic hydroxyl groups is 7. The molecule has 17 nitrogen and oxygen atoms in total. The molecule has 0 fully saturated rings. The van der Waals surface area contributed by atoms with Gasteiger partial charge in [0.15, 0.2) is 0 Å². The second-order valence-corrected chi connectivity index (χ2v) is 10.6. The summed E-state index contributed by atoms with van der Waals surface area (Å²) in [6.45, 7) is 3.27. The molecule has 2 unspecified atom stereocenters. The van der Waals surface area contributed by atoms with Crippen LogP contribution in [0.25, 0.3) is 0 Å². The van der Waals surface area contributed by atoms with Gasteiger partial charge >= 0.3 is 17.9 Å². The number of hydrogen-bond acceptors (Lipinski definition) is 13. The molecule has 2 atom stereocenters. The van der Waals surface area contributed by atoms with Crippen molar-refractivity contribution in [1.82, 2.24) is 0 Å². The zero-order valence-electron chi connectivity index (χ0n) is 27.0. The first-order valence-electron chi connectivity index (χ1n) is 13.8. The summed E-state index contributed by atoms with van der Waals surface area (Å²) >= 11 is 0. The Balaban J connectivity index is -0.000000147. The summed E-state index contributed by atoms with van der Waals surface area (Å²) in [6.07, 6.45) is -0.971. The Morgan fingerprint density at radius 1 is 0.733 bits per heavy atom. The summed E-state index contributed by atoms with van der Waals surface area (Å²) < 4.78 is 0.844. The van der Waals surface area contributed by atoms with Crippen molar-refractivity contribution in [3.8, 4) is 0 Å². The lowest BCUT2D eigenvalue weighted by Gasteiger charge is -2.21. The Labute approximate surface area is 265 Å². The van der Waals surface area contributed by atoms with Crippen molar-refractivity contribution in [2.24, 2.45) is 23.1 Å². The molecule has 16 N–H and O–H groups in total. The van der Waals surface area contributed by atoms with Gasteiger partial charge in [-0.2, -0.15) is 0 Å². The number of quaternary nitrogens is 1. The van der Waals surface area contributed by atoms with Crippen molar-refractivity contribution in [1.29, 1.82) is 0 Å². The van der Waals surface area contributed by atoms with Gasteiger partial charge in [-0.05, 0) is 24.3 Å². The molecule has 0 saturated carbocycles. The first-order chi connectivity index (χ1) is 20.7. The molecule has 0 spiro atoms. The molecule has 0 aliphatic heterocycles. The fourth-order valence-electron chi connectivity index (χ4n) is 1.98. The van der Waals surface area contributed by atoms with E-state index in [0.717, 1.165) is 16.6 Å². The van der Waals surface area contributed by atoms with E-state index in [4.69, 9.17) is 62.5 Å². The third-order valence-corrected chi connectivity index (χ3v) is 4.45. The van der Waals surface area contributed by atoms with Crippen LogP contribution in [0.3, 0.4) is 0 Å². The number of likely N-dealkylation sites (N-methyl/N-ethyl adjacent to an activating group) is 1. The summed E-state index contributed by atoms with van der Waals surface area (Å²) in [5.41, 5.74) is 16.1. The SMILES string of the molecule is CC(C)CC(N)C(=O)O.C[N+](C)(C)CCO.NC(Cc1ccccc1)C(=O)O.NCC(=O)O.OCC(O)CO.OCC(O)CO. The molecule has 0 bridgehead atoms. The van der Waals surface area contributed by atoms with Crippen LogP contribution in [-0.2, 0) is 20.8 Å². The molecule has 0 heterocycles. The molecule has 0 aromatic heterocycles. The van der Waals surface area contributed by atoms with Crippen LogP contribution in [0.15, 0.2) is 30.3 Å². The van der Waals surface area contributed by atoms with Gasteiger partial charge in [-0.3, -0.25) is 14.4 Å². The molecule has 45 heavy (non-hydrogen) atoms. The molecule has 1 aromatic carbocycles. The lowest BCUT2D eigenvalue weighted by molar-refractivity contribution is -0.870. The van der Waals surface area contributed by atoms with Gasteiger partial charge in [-0.1, -0.05) is 44.2 Å². The molecule has 0 aliphatic carbocycles. The molecule has 1 aromatic rings. The van der Waals surface area contributed by atoms with Crippen molar-refractivity contribution in [3.63, 3.8) is 0 Å². The van der Waals surface area contributed by atoms with E-state index in [1.165, 1.54) is 0 Å². The maximum Gasteiger partial charge on any atom is 0.320 e. The third-order valence-electron chi connectivity index (χ3n) is 4.45. The molecular weight excluding hydrogens is 600 g/mol. The van der Waals surface area contributed by atoms with Gasteiger partial charge in [0, 0.05) is 0 Å². The number of benzene rings is 1. The number of rotatable bonds is 13. The van der Waals surface area contributed by atoms with Crippen LogP contribution in [-0.4, -0.2) is 165 Å². The van der Waals surface area contributed by atoms with Gasteiger partial charge in [-0.25, -0.2) is 0 Å². The lowest BCUT2D eigenvalue weighted by Crippen LogP contribution is -2.36. The average Bonchev–Trinajstić information content (AvgIpc) is 2.97. The minimum absolute atomic E-state index is 0.278. The van der Waals surface area contributed by atoms with Gasteiger partial charge < -0.3 is 72.7 Å². The van der Waals surface area contributed by atoms with Crippen molar-refractivity contribution in [2.45, 2.75) is 51.0 Å². The van der Waals surface area contributed by atoms with E-state index in [1.807, 2.05) is 44.2 Å². The number of nitrogens with zero attached hydrogens (tertiary/aromatic N) is 1. The standard InChI is InChI=1S/C9H11NO2.C6H13NO2.C5H14NO.2C3H8O3.C2H5NO2/c10-8(9(11)12)6-7-4-2-1-3-5-7;1-4(2)3-5(7)6(8)9;1-6(2,3)4-5-7;2*4-1-3(6)2-5;3-1-2(4)5/h1-5,8H,6,10H2,(H,11,12);4-5H,3,7H2,1-2H3,(H,8,9);7H,4-5H2,1-3H3;2*3-6H,1-2H2;1,3H2,(H,4,5)/q;;+1;;;. The quantitative estimate of drug-likeness (QED) is 0.0912. The Hall–Kier alpha value is -2.81. The van der Waals surface area contributed by atoms with Crippen LogP contribution in [0.5, 0.6) is 0 Å². The number of hydrogen-bond donors (Lipinski definition) is 13. The summed E-state index contributed by atoms with van der Waals surface area (Å²) in [6, 6.07) is 7.85. The van der Waals surface area contributed by atoms with E-state index < -0.39 is 42.2 Å². The highest BCUT2D eigenvalue weighted by Crippen LogP contribution is 2.02. The zero-order chi connectivity index (χ0) is 36.6. The van der Waals surface area contributed by atoms with Crippen LogP contribution in [0.4, 0.5) is 0 Å². The lowest BCUT2D eigenvalue weighted by atomic mass is 10.1. The van der Waals surface area contributed by atoms with Crippen LogP contribution >= 0.6 is 0 Å². The van der Waals surface area contributed by atoms with Crippen molar-refractivity contribution in [2.75, 3.05) is 67.3 Å². The highest BCUT2D eigenvalue weighted by molar-refractivity contribution is 5.73. The van der Waals surface area contributed by atoms with E-state index in [9.17, 15) is 14.4 Å². The number of carboxylic acids is 3. The molecule has 0 radical (unpaired) electrons. The van der Waals surface area contributed by atoms with Gasteiger partial charge in [-0.15, -0.1) is 0 Å². The normalized spacial score (nSPS) is 11.4. The van der Waals surface area contributed by atoms with E-state index >= 15 is 0 Å². The van der Waals surface area contributed by atoms with Crippen LogP contribution in [0.1, 0.15) is 25.8 Å². The Bertz CT molecular complexity index is 795. The Morgan fingerprint density at radius 2 is 1.09 bits per heavy atom. The van der Waals surface area contributed by atoms with Crippen molar-refractivity contribution >= 4 is 17.9 Å². The minimum Gasteiger partial charge on any atom is -0.480 e. The Kier molecular flexibility index (Phi) is 39.2. The van der Waals surface area contributed by atoms with E-state index in [2.05, 4.69) is 26.9 Å². The number of aliphatic hydroxyl groups excluding tert-OH is 7. The average molecular weight is 660 g/mol. The molecular formula is C28H59N4O13+. The van der Waals surface area contributed by atoms with E-state index in [-0.39, 0.29) is 39.6 Å². The second kappa shape index (κ2) is 34.1. The predicted octanol–water partition coefficient (Wildman–Crippen LogP) is -3.54. The van der Waals surface area contributed by atoms with Crippen molar-refractivity contribution < 1.29 is 69.9 Å². The molecule has 1 rings (SSSR count). The Morgan fingerprint density at radius 3 is 1.24 bits per heavy atom. The minimum atomic E-state index is -0.968. The van der Waals surface area contributed by atoms with Crippen molar-refractivity contribution in [3.05, 3.63) is 35.9 Å². The fraction of sp³-hybridized carbons (Fsp3) is 0.679. The van der Waals surface area contributed by atoms with E-state index in [0.29, 0.717) is 18.8 Å². The third kappa shape index (κ3) is 51.1.